The van der Waals surface area contributed by atoms with E-state index in [0.717, 1.165) is 6.42 Å². The minimum atomic E-state index is -7.66. The molecule has 0 aromatic heterocycles. The van der Waals surface area contributed by atoms with Gasteiger partial charge in [0.15, 0.2) is 5.83 Å². The largest absolute Gasteiger partial charge is 0.460 e. The quantitative estimate of drug-likeness (QED) is 0.499. The van der Waals surface area contributed by atoms with Crippen LogP contribution < -0.4 is 0 Å². The molecule has 0 bridgehead atoms. The summed E-state index contributed by atoms with van der Waals surface area (Å²) in [5.74, 6) is -32.7. The van der Waals surface area contributed by atoms with E-state index in [0.29, 0.717) is 19.3 Å². The predicted octanol–water partition coefficient (Wildman–Crippen LogP) is 5.67. The molecule has 1 aliphatic carbocycles. The summed E-state index contributed by atoms with van der Waals surface area (Å²) in [6.45, 7) is -0.634. The molecule has 1 unspecified atom stereocenters. The molecule has 0 N–H and O–H groups in total. The summed E-state index contributed by atoms with van der Waals surface area (Å²) in [5, 5.41) is 0. The summed E-state index contributed by atoms with van der Waals surface area (Å²) in [5.41, 5.74) is 0. The van der Waals surface area contributed by atoms with E-state index < -0.39 is 60.6 Å². The van der Waals surface area contributed by atoms with Crippen molar-refractivity contribution in [2.45, 2.75) is 73.9 Å². The number of alkyl halides is 11. The van der Waals surface area contributed by atoms with Crippen molar-refractivity contribution in [3.8, 4) is 0 Å². The number of ether oxygens (including phenoxy) is 2. The number of hydrogen-bond donors (Lipinski definition) is 0. The van der Waals surface area contributed by atoms with Crippen LogP contribution in [0.5, 0.6) is 0 Å². The van der Waals surface area contributed by atoms with Gasteiger partial charge in [-0.2, -0.15) is 48.3 Å². The third-order valence-corrected chi connectivity index (χ3v) is 4.64. The van der Waals surface area contributed by atoms with Gasteiger partial charge in [-0.3, -0.25) is 0 Å². The maximum atomic E-state index is 13.7. The average molecular weight is 454 g/mol. The Morgan fingerprint density at radius 3 is 1.76 bits per heavy atom. The second kappa shape index (κ2) is 7.50. The van der Waals surface area contributed by atoms with E-state index in [1.54, 1.807) is 0 Å². The van der Waals surface area contributed by atoms with Gasteiger partial charge in [-0.1, -0.05) is 12.8 Å². The van der Waals surface area contributed by atoms with Crippen LogP contribution >= 0.6 is 0 Å². The van der Waals surface area contributed by atoms with E-state index in [1.165, 1.54) is 0 Å². The second-order valence-corrected chi connectivity index (χ2v) is 6.68. The van der Waals surface area contributed by atoms with Gasteiger partial charge in [0, 0.05) is 0 Å². The lowest BCUT2D eigenvalue weighted by molar-refractivity contribution is -0.419. The first kappa shape index (κ1) is 24.1. The van der Waals surface area contributed by atoms with E-state index in [-0.39, 0.29) is 6.08 Å². The Morgan fingerprint density at radius 1 is 0.724 bits per heavy atom. The Balaban J connectivity index is 2.28. The van der Waals surface area contributed by atoms with Gasteiger partial charge >= 0.3 is 29.9 Å². The van der Waals surface area contributed by atoms with Gasteiger partial charge in [-0.05, 0) is 18.9 Å². The molecule has 0 aromatic carbocycles. The van der Waals surface area contributed by atoms with E-state index in [1.807, 2.05) is 0 Å². The van der Waals surface area contributed by atoms with E-state index in [2.05, 4.69) is 0 Å². The van der Waals surface area contributed by atoms with Crippen molar-refractivity contribution in [1.29, 1.82) is 0 Å². The Morgan fingerprint density at radius 2 is 1.24 bits per heavy atom. The highest BCUT2D eigenvalue weighted by atomic mass is 19.4. The number of rotatable bonds is 5. The third kappa shape index (κ3) is 3.93. The SMILES string of the molecule is F/C(=C\C1CO[C@H]2CCCC[C@@H]2O1)C(F)(F)C(F)(F)C(F)(F)C(F)(F)C(F)(F)F. The number of hydrogen-bond acceptors (Lipinski definition) is 2. The zero-order valence-electron chi connectivity index (χ0n) is 14.2. The van der Waals surface area contributed by atoms with Crippen LogP contribution in [-0.2, 0) is 9.47 Å². The summed E-state index contributed by atoms with van der Waals surface area (Å²) in [4.78, 5) is 0. The second-order valence-electron chi connectivity index (χ2n) is 6.68. The molecule has 2 fully saturated rings. The van der Waals surface area contributed by atoms with Crippen LogP contribution in [0.15, 0.2) is 11.9 Å². The van der Waals surface area contributed by atoms with Crippen molar-refractivity contribution in [2.24, 2.45) is 0 Å². The summed E-state index contributed by atoms with van der Waals surface area (Å²) in [7, 11) is 0. The fraction of sp³-hybridized carbons (Fsp3) is 0.867. The molecule has 1 aliphatic heterocycles. The molecule has 2 rings (SSSR count). The molecule has 2 nitrogen and oxygen atoms in total. The van der Waals surface area contributed by atoms with Crippen LogP contribution in [0.3, 0.4) is 0 Å². The van der Waals surface area contributed by atoms with Crippen LogP contribution in [0.25, 0.3) is 0 Å². The lowest BCUT2D eigenvalue weighted by Crippen LogP contribution is -2.66. The summed E-state index contributed by atoms with van der Waals surface area (Å²) < 4.78 is 166. The smallest absolute Gasteiger partial charge is 0.372 e. The van der Waals surface area contributed by atoms with Gasteiger partial charge in [0.2, 0.25) is 0 Å². The fourth-order valence-corrected chi connectivity index (χ4v) is 2.97. The highest BCUT2D eigenvalue weighted by molar-refractivity contribution is 5.18. The lowest BCUT2D eigenvalue weighted by Gasteiger charge is -2.39. The normalized spacial score (nSPS) is 28.3. The molecule has 1 saturated carbocycles. The third-order valence-electron chi connectivity index (χ3n) is 4.64. The zero-order valence-corrected chi connectivity index (χ0v) is 14.2. The first-order chi connectivity index (χ1) is 13.0. The molecule has 1 saturated heterocycles. The molecule has 170 valence electrons. The van der Waals surface area contributed by atoms with Gasteiger partial charge in [0.05, 0.1) is 18.8 Å². The molecule has 2 aliphatic rings. The Labute approximate surface area is 155 Å². The molecule has 0 radical (unpaired) electrons. The summed E-state index contributed by atoms with van der Waals surface area (Å²) in [6.07, 6.45) is -8.43. The van der Waals surface area contributed by atoms with Crippen molar-refractivity contribution in [2.75, 3.05) is 6.61 Å². The number of halogens is 12. The Kier molecular flexibility index (Phi) is 6.23. The maximum Gasteiger partial charge on any atom is 0.460 e. The van der Waals surface area contributed by atoms with Crippen LogP contribution in [0, 0.1) is 0 Å². The monoisotopic (exact) mass is 454 g/mol. The highest BCUT2D eigenvalue weighted by Gasteiger charge is 2.87. The zero-order chi connectivity index (χ0) is 22.5. The van der Waals surface area contributed by atoms with Gasteiger partial charge < -0.3 is 9.47 Å². The predicted molar refractivity (Wildman–Crippen MR) is 71.9 cm³/mol. The van der Waals surface area contributed by atoms with Crippen LogP contribution in [0.2, 0.25) is 0 Å². The average Bonchev–Trinajstić information content (AvgIpc) is 2.60. The molecule has 0 spiro atoms. The lowest BCUT2D eigenvalue weighted by atomic mass is 9.93. The molecule has 1 heterocycles. The standard InChI is InChI=1S/C15H14F12O2/c16-10(5-7-6-28-8-3-1-2-4-9(8)29-7)11(17,18)12(19,20)13(21,22)14(23,24)15(25,26)27/h5,7-9H,1-4,6H2/b10-5-/t7?,8-,9-/m0/s1. The van der Waals surface area contributed by atoms with Crippen molar-refractivity contribution in [3.05, 3.63) is 11.9 Å². The minimum Gasteiger partial charge on any atom is -0.372 e. The van der Waals surface area contributed by atoms with Gasteiger partial charge in [0.1, 0.15) is 6.10 Å². The molecule has 3 atom stereocenters. The van der Waals surface area contributed by atoms with Gasteiger partial charge in [-0.25, -0.2) is 4.39 Å². The molecule has 14 heteroatoms. The Bertz CT molecular complexity index is 627. The molecule has 29 heavy (non-hydrogen) atoms. The molecular weight excluding hydrogens is 440 g/mol. The topological polar surface area (TPSA) is 18.5 Å². The van der Waals surface area contributed by atoms with Crippen LogP contribution in [0.4, 0.5) is 52.7 Å². The summed E-state index contributed by atoms with van der Waals surface area (Å²) in [6, 6.07) is 0. The van der Waals surface area contributed by atoms with Crippen molar-refractivity contribution in [1.82, 2.24) is 0 Å². The summed E-state index contributed by atoms with van der Waals surface area (Å²) >= 11 is 0. The van der Waals surface area contributed by atoms with Gasteiger partial charge in [-0.15, -0.1) is 0 Å². The highest BCUT2D eigenvalue weighted by Crippen LogP contribution is 2.58. The van der Waals surface area contributed by atoms with Crippen molar-refractivity contribution >= 4 is 0 Å². The van der Waals surface area contributed by atoms with Crippen LogP contribution in [-0.4, -0.2) is 54.8 Å². The number of allylic oxidation sites excluding steroid dienone is 1. The Hall–Kier alpha value is -1.18. The minimum absolute atomic E-state index is 0.346. The van der Waals surface area contributed by atoms with Gasteiger partial charge in [0.25, 0.3) is 0 Å². The first-order valence-electron chi connectivity index (χ1n) is 8.19. The van der Waals surface area contributed by atoms with Crippen molar-refractivity contribution in [3.63, 3.8) is 0 Å². The maximum absolute atomic E-state index is 13.7. The first-order valence-corrected chi connectivity index (χ1v) is 8.19. The van der Waals surface area contributed by atoms with Crippen LogP contribution in [0.1, 0.15) is 25.7 Å². The van der Waals surface area contributed by atoms with E-state index in [9.17, 15) is 52.7 Å². The van der Waals surface area contributed by atoms with E-state index in [4.69, 9.17) is 9.47 Å². The van der Waals surface area contributed by atoms with Crippen molar-refractivity contribution < 1.29 is 62.2 Å². The molecule has 0 aromatic rings. The fourth-order valence-electron chi connectivity index (χ4n) is 2.97. The molecule has 0 amide bonds. The van der Waals surface area contributed by atoms with E-state index >= 15 is 0 Å². The molecular formula is C15H14F12O2. The number of fused-ring (bicyclic) bond motifs is 1.